The maximum Gasteiger partial charge on any atom is 0.328 e. The lowest BCUT2D eigenvalue weighted by Gasteiger charge is -2.05. The lowest BCUT2D eigenvalue weighted by atomic mass is 10.1. The average molecular weight is 262 g/mol. The Kier molecular flexibility index (Phi) is 5.35. The first-order valence-corrected chi connectivity index (χ1v) is 5.50. The molecule has 1 aromatic rings. The van der Waals surface area contributed by atoms with Gasteiger partial charge in [0.2, 0.25) is 0 Å². The normalized spacial score (nSPS) is 11.0. The molecule has 0 amide bonds. The number of carboxylic acids is 2. The number of benzene rings is 1. The van der Waals surface area contributed by atoms with Crippen LogP contribution in [0.1, 0.15) is 17.5 Å². The van der Waals surface area contributed by atoms with E-state index in [2.05, 4.69) is 0 Å². The first-order chi connectivity index (χ1) is 9.02. The monoisotopic (exact) mass is 262 g/mol. The van der Waals surface area contributed by atoms with Gasteiger partial charge in [0.1, 0.15) is 5.75 Å². The molecule has 0 radical (unpaired) electrons. The number of carboxylic acid groups (broad SMARTS) is 2. The van der Waals surface area contributed by atoms with E-state index in [-0.39, 0.29) is 6.42 Å². The van der Waals surface area contributed by atoms with E-state index in [4.69, 9.17) is 14.9 Å². The number of aliphatic carboxylic acids is 2. The van der Waals surface area contributed by atoms with Crippen molar-refractivity contribution in [2.75, 3.05) is 7.11 Å². The van der Waals surface area contributed by atoms with Gasteiger partial charge in [-0.2, -0.15) is 0 Å². The number of hydrogen-bond donors (Lipinski definition) is 2. The van der Waals surface area contributed by atoms with E-state index in [1.165, 1.54) is 19.3 Å². The summed E-state index contributed by atoms with van der Waals surface area (Å²) in [6.07, 6.45) is 5.56. The van der Waals surface area contributed by atoms with Crippen molar-refractivity contribution in [1.29, 1.82) is 0 Å². The van der Waals surface area contributed by atoms with E-state index >= 15 is 0 Å². The van der Waals surface area contributed by atoms with E-state index in [1.54, 1.807) is 24.3 Å². The first kappa shape index (κ1) is 14.5. The fraction of sp³-hybridized carbons (Fsp3) is 0.143. The largest absolute Gasteiger partial charge is 0.496 e. The molecule has 100 valence electrons. The van der Waals surface area contributed by atoms with E-state index in [9.17, 15) is 9.59 Å². The van der Waals surface area contributed by atoms with E-state index < -0.39 is 11.9 Å². The maximum atomic E-state index is 10.5. The third-order valence-corrected chi connectivity index (χ3v) is 2.26. The van der Waals surface area contributed by atoms with Gasteiger partial charge in [-0.15, -0.1) is 0 Å². The molecule has 0 atom stereocenters. The quantitative estimate of drug-likeness (QED) is 0.768. The molecule has 0 aliphatic heterocycles. The van der Waals surface area contributed by atoms with E-state index in [0.29, 0.717) is 11.3 Å². The highest BCUT2D eigenvalue weighted by molar-refractivity contribution is 5.86. The van der Waals surface area contributed by atoms with E-state index in [0.717, 1.165) is 11.6 Å². The third-order valence-electron chi connectivity index (χ3n) is 2.26. The number of rotatable bonds is 6. The second-order valence-electron chi connectivity index (χ2n) is 3.67. The van der Waals surface area contributed by atoms with Crippen molar-refractivity contribution in [2.45, 2.75) is 6.42 Å². The highest BCUT2D eigenvalue weighted by Crippen LogP contribution is 2.22. The molecule has 0 heterocycles. The first-order valence-electron chi connectivity index (χ1n) is 5.50. The number of carbonyl (C=O) groups is 2. The van der Waals surface area contributed by atoms with Crippen LogP contribution in [0.25, 0.3) is 12.2 Å². The standard InChI is InChI=1S/C14H14O5/c1-19-12-7-5-10(3-2-4-13(15)16)9-11(12)6-8-14(17)18/h2-3,5-9H,4H2,1H3,(H,15,16)(H,17,18)/b3-2?,8-6+. The van der Waals surface area contributed by atoms with Gasteiger partial charge < -0.3 is 14.9 Å². The van der Waals surface area contributed by atoms with Gasteiger partial charge in [-0.1, -0.05) is 18.2 Å². The third kappa shape index (κ3) is 5.08. The molecule has 0 aliphatic rings. The number of ether oxygens (including phenoxy) is 1. The van der Waals surface area contributed by atoms with Crippen LogP contribution >= 0.6 is 0 Å². The molecule has 0 saturated carbocycles. The Morgan fingerprint density at radius 2 is 2.00 bits per heavy atom. The van der Waals surface area contributed by atoms with Crippen LogP contribution in [0.2, 0.25) is 0 Å². The number of hydrogen-bond acceptors (Lipinski definition) is 3. The summed E-state index contributed by atoms with van der Waals surface area (Å²) in [4.78, 5) is 20.9. The summed E-state index contributed by atoms with van der Waals surface area (Å²) in [6.45, 7) is 0. The highest BCUT2D eigenvalue weighted by Gasteiger charge is 2.01. The predicted molar refractivity (Wildman–Crippen MR) is 71.0 cm³/mol. The number of methoxy groups -OCH3 is 1. The van der Waals surface area contributed by atoms with Crippen LogP contribution in [0.15, 0.2) is 30.4 Å². The SMILES string of the molecule is COc1ccc(C=CCC(=O)O)cc1/C=C/C(=O)O. The molecule has 0 fully saturated rings. The molecule has 0 unspecified atom stereocenters. The van der Waals surface area contributed by atoms with Crippen LogP contribution in [0, 0.1) is 0 Å². The van der Waals surface area contributed by atoms with Gasteiger partial charge in [-0.3, -0.25) is 4.79 Å². The fourth-order valence-electron chi connectivity index (χ4n) is 1.44. The van der Waals surface area contributed by atoms with Crippen molar-refractivity contribution in [2.24, 2.45) is 0 Å². The Labute approximate surface area is 110 Å². The van der Waals surface area contributed by atoms with Crippen LogP contribution < -0.4 is 4.74 Å². The van der Waals surface area contributed by atoms with Crippen molar-refractivity contribution < 1.29 is 24.5 Å². The van der Waals surface area contributed by atoms with E-state index in [1.807, 2.05) is 0 Å². The summed E-state index contributed by atoms with van der Waals surface area (Å²) in [5.41, 5.74) is 1.38. The zero-order valence-corrected chi connectivity index (χ0v) is 10.4. The molecule has 0 aliphatic carbocycles. The molecule has 1 rings (SSSR count). The van der Waals surface area contributed by atoms with Crippen molar-refractivity contribution >= 4 is 24.1 Å². The molecule has 5 nitrogen and oxygen atoms in total. The van der Waals surface area contributed by atoms with Crippen molar-refractivity contribution in [3.8, 4) is 5.75 Å². The Morgan fingerprint density at radius 3 is 2.58 bits per heavy atom. The summed E-state index contributed by atoms with van der Waals surface area (Å²) in [6, 6.07) is 5.17. The minimum Gasteiger partial charge on any atom is -0.496 e. The Hall–Kier alpha value is -2.56. The molecule has 0 aromatic heterocycles. The van der Waals surface area contributed by atoms with Gasteiger partial charge in [0.05, 0.1) is 13.5 Å². The van der Waals surface area contributed by atoms with Gasteiger partial charge in [0.15, 0.2) is 0 Å². The molecular weight excluding hydrogens is 248 g/mol. The molecule has 0 spiro atoms. The van der Waals surface area contributed by atoms with Crippen LogP contribution in [0.3, 0.4) is 0 Å². The summed E-state index contributed by atoms with van der Waals surface area (Å²) < 4.78 is 5.11. The summed E-state index contributed by atoms with van der Waals surface area (Å²) in [5, 5.41) is 17.1. The van der Waals surface area contributed by atoms with Gasteiger partial charge >= 0.3 is 11.9 Å². The zero-order chi connectivity index (χ0) is 14.3. The average Bonchev–Trinajstić information content (AvgIpc) is 2.36. The minimum absolute atomic E-state index is 0.0632. The molecule has 0 bridgehead atoms. The zero-order valence-electron chi connectivity index (χ0n) is 10.4. The topological polar surface area (TPSA) is 83.8 Å². The molecule has 0 saturated heterocycles. The summed E-state index contributed by atoms with van der Waals surface area (Å²) in [5.74, 6) is -1.41. The Balaban J connectivity index is 2.97. The highest BCUT2D eigenvalue weighted by atomic mass is 16.5. The lowest BCUT2D eigenvalue weighted by molar-refractivity contribution is -0.136. The Bertz CT molecular complexity index is 529. The van der Waals surface area contributed by atoms with Gasteiger partial charge in [0, 0.05) is 11.6 Å². The maximum absolute atomic E-state index is 10.5. The lowest BCUT2D eigenvalue weighted by Crippen LogP contribution is -1.91. The fourth-order valence-corrected chi connectivity index (χ4v) is 1.44. The second kappa shape index (κ2) is 7.00. The van der Waals surface area contributed by atoms with Crippen LogP contribution in [-0.4, -0.2) is 29.3 Å². The van der Waals surface area contributed by atoms with Crippen LogP contribution in [0.4, 0.5) is 0 Å². The van der Waals surface area contributed by atoms with Crippen molar-refractivity contribution in [3.05, 3.63) is 41.5 Å². The smallest absolute Gasteiger partial charge is 0.328 e. The second-order valence-corrected chi connectivity index (χ2v) is 3.67. The van der Waals surface area contributed by atoms with Crippen molar-refractivity contribution in [1.82, 2.24) is 0 Å². The molecule has 2 N–H and O–H groups in total. The summed E-state index contributed by atoms with van der Waals surface area (Å²) >= 11 is 0. The van der Waals surface area contributed by atoms with Gasteiger partial charge in [-0.25, -0.2) is 4.79 Å². The minimum atomic E-state index is -1.05. The predicted octanol–water partition coefficient (Wildman–Crippen LogP) is 2.28. The van der Waals surface area contributed by atoms with Crippen LogP contribution in [-0.2, 0) is 9.59 Å². The van der Waals surface area contributed by atoms with Crippen LogP contribution in [0.5, 0.6) is 5.75 Å². The molecular formula is C14H14O5. The Morgan fingerprint density at radius 1 is 1.26 bits per heavy atom. The van der Waals surface area contributed by atoms with Crippen molar-refractivity contribution in [3.63, 3.8) is 0 Å². The molecule has 19 heavy (non-hydrogen) atoms. The van der Waals surface area contributed by atoms with Gasteiger partial charge in [-0.05, 0) is 23.8 Å². The van der Waals surface area contributed by atoms with Gasteiger partial charge in [0.25, 0.3) is 0 Å². The molecule has 1 aromatic carbocycles. The molecule has 5 heteroatoms. The summed E-state index contributed by atoms with van der Waals surface area (Å²) in [7, 11) is 1.49.